The number of halogens is 1. The number of aryl methyl sites for hydroxylation is 1. The van der Waals surface area contributed by atoms with Crippen LogP contribution in [0.15, 0.2) is 24.3 Å². The Balaban J connectivity index is 2.43. The predicted molar refractivity (Wildman–Crippen MR) is 48.2 cm³/mol. The number of thiocyanates is 1. The number of hydrogen-bond acceptors (Lipinski definition) is 2. The molecule has 0 spiro atoms. The summed E-state index contributed by atoms with van der Waals surface area (Å²) in [6, 6.07) is 6.36. The molecule has 0 aliphatic carbocycles. The summed E-state index contributed by atoms with van der Waals surface area (Å²) in [6.07, 6.45) is 0.818. The van der Waals surface area contributed by atoms with Crippen LogP contribution in [0.25, 0.3) is 0 Å². The van der Waals surface area contributed by atoms with E-state index in [0.717, 1.165) is 17.7 Å². The van der Waals surface area contributed by atoms with E-state index in [9.17, 15) is 4.39 Å². The lowest BCUT2D eigenvalue weighted by atomic mass is 10.2. The van der Waals surface area contributed by atoms with Crippen molar-refractivity contribution < 1.29 is 4.39 Å². The van der Waals surface area contributed by atoms with Gasteiger partial charge in [0.15, 0.2) is 0 Å². The monoisotopic (exact) mass is 181 g/mol. The maximum absolute atomic E-state index is 12.4. The Morgan fingerprint density at radius 2 is 2.00 bits per heavy atom. The molecule has 0 atom stereocenters. The molecule has 12 heavy (non-hydrogen) atoms. The molecule has 0 N–H and O–H groups in total. The van der Waals surface area contributed by atoms with Crippen LogP contribution in [-0.2, 0) is 6.42 Å². The van der Waals surface area contributed by atoms with E-state index in [-0.39, 0.29) is 5.82 Å². The highest BCUT2D eigenvalue weighted by atomic mass is 32.2. The van der Waals surface area contributed by atoms with Gasteiger partial charge in [-0.1, -0.05) is 12.1 Å². The molecule has 0 amide bonds. The fraction of sp³-hybridized carbons (Fsp3) is 0.222. The fourth-order valence-electron chi connectivity index (χ4n) is 0.866. The molecule has 0 aliphatic rings. The molecule has 0 radical (unpaired) electrons. The second-order valence-corrected chi connectivity index (χ2v) is 3.20. The average molecular weight is 181 g/mol. The zero-order chi connectivity index (χ0) is 8.81. The Hall–Kier alpha value is -1.01. The Morgan fingerprint density at radius 3 is 2.58 bits per heavy atom. The molecular weight excluding hydrogens is 173 g/mol. The van der Waals surface area contributed by atoms with E-state index in [0.29, 0.717) is 0 Å². The van der Waals surface area contributed by atoms with Crippen LogP contribution in [0.1, 0.15) is 5.56 Å². The molecule has 62 valence electrons. The highest BCUT2D eigenvalue weighted by Crippen LogP contribution is 2.06. The molecule has 0 saturated carbocycles. The van der Waals surface area contributed by atoms with Gasteiger partial charge in [-0.2, -0.15) is 5.26 Å². The normalized spacial score (nSPS) is 9.33. The van der Waals surface area contributed by atoms with E-state index in [4.69, 9.17) is 5.26 Å². The number of hydrogen-bond donors (Lipinski definition) is 0. The van der Waals surface area contributed by atoms with Gasteiger partial charge in [0.1, 0.15) is 11.2 Å². The molecule has 0 aliphatic heterocycles. The third kappa shape index (κ3) is 2.93. The van der Waals surface area contributed by atoms with Crippen molar-refractivity contribution in [2.75, 3.05) is 5.75 Å². The SMILES string of the molecule is N#CSCCc1ccc(F)cc1. The van der Waals surface area contributed by atoms with Gasteiger partial charge in [-0.15, -0.1) is 0 Å². The molecule has 3 heteroatoms. The molecule has 1 aromatic rings. The van der Waals surface area contributed by atoms with Crippen LogP contribution < -0.4 is 0 Å². The zero-order valence-electron chi connectivity index (χ0n) is 6.46. The number of thioether (sulfide) groups is 1. The van der Waals surface area contributed by atoms with Crippen LogP contribution in [0.5, 0.6) is 0 Å². The fourth-order valence-corrected chi connectivity index (χ4v) is 1.29. The van der Waals surface area contributed by atoms with E-state index in [1.54, 1.807) is 12.1 Å². The van der Waals surface area contributed by atoms with Gasteiger partial charge in [-0.05, 0) is 35.9 Å². The largest absolute Gasteiger partial charge is 0.207 e. The summed E-state index contributed by atoms with van der Waals surface area (Å²) in [6.45, 7) is 0. The first kappa shape index (κ1) is 9.08. The molecule has 0 bridgehead atoms. The van der Waals surface area contributed by atoms with E-state index in [2.05, 4.69) is 0 Å². The van der Waals surface area contributed by atoms with Crippen molar-refractivity contribution in [2.45, 2.75) is 6.42 Å². The summed E-state index contributed by atoms with van der Waals surface area (Å²) in [5.74, 6) is 0.550. The minimum Gasteiger partial charge on any atom is -0.207 e. The van der Waals surface area contributed by atoms with E-state index in [1.165, 1.54) is 23.9 Å². The highest BCUT2D eigenvalue weighted by molar-refractivity contribution is 8.03. The number of nitriles is 1. The zero-order valence-corrected chi connectivity index (χ0v) is 7.27. The van der Waals surface area contributed by atoms with Gasteiger partial charge in [0.25, 0.3) is 0 Å². The summed E-state index contributed by atoms with van der Waals surface area (Å²) in [7, 11) is 0. The van der Waals surface area contributed by atoms with Crippen molar-refractivity contribution in [3.05, 3.63) is 35.6 Å². The average Bonchev–Trinajstić information content (AvgIpc) is 2.09. The quantitative estimate of drug-likeness (QED) is 0.528. The van der Waals surface area contributed by atoms with Gasteiger partial charge in [-0.25, -0.2) is 4.39 Å². The first-order valence-corrected chi connectivity index (χ1v) is 4.57. The standard InChI is InChI=1S/C9H8FNS/c10-9-3-1-8(2-4-9)5-6-12-7-11/h1-4H,5-6H2. The molecule has 0 unspecified atom stereocenters. The van der Waals surface area contributed by atoms with Crippen molar-refractivity contribution in [1.82, 2.24) is 0 Å². The van der Waals surface area contributed by atoms with Gasteiger partial charge >= 0.3 is 0 Å². The minimum absolute atomic E-state index is 0.216. The van der Waals surface area contributed by atoms with Crippen molar-refractivity contribution in [3.63, 3.8) is 0 Å². The van der Waals surface area contributed by atoms with Crippen molar-refractivity contribution in [3.8, 4) is 5.40 Å². The highest BCUT2D eigenvalue weighted by Gasteiger charge is 1.93. The van der Waals surface area contributed by atoms with Crippen molar-refractivity contribution >= 4 is 11.8 Å². The van der Waals surface area contributed by atoms with Crippen molar-refractivity contribution in [1.29, 1.82) is 5.26 Å². The second kappa shape index (κ2) is 4.78. The topological polar surface area (TPSA) is 23.8 Å². The molecule has 1 nitrogen and oxygen atoms in total. The summed E-state index contributed by atoms with van der Waals surface area (Å²) in [4.78, 5) is 0. The van der Waals surface area contributed by atoms with Gasteiger partial charge in [0.2, 0.25) is 0 Å². The van der Waals surface area contributed by atoms with E-state index >= 15 is 0 Å². The van der Waals surface area contributed by atoms with Crippen LogP contribution in [0, 0.1) is 16.5 Å². The Bertz CT molecular complexity index is 276. The van der Waals surface area contributed by atoms with E-state index < -0.39 is 0 Å². The Labute approximate surface area is 75.2 Å². The van der Waals surface area contributed by atoms with Crippen LogP contribution in [0.3, 0.4) is 0 Å². The lowest BCUT2D eigenvalue weighted by Gasteiger charge is -1.96. The lowest BCUT2D eigenvalue weighted by Crippen LogP contribution is -1.87. The molecule has 1 aromatic carbocycles. The molecule has 0 fully saturated rings. The predicted octanol–water partition coefficient (Wildman–Crippen LogP) is 2.58. The maximum atomic E-state index is 12.4. The smallest absolute Gasteiger partial charge is 0.133 e. The van der Waals surface area contributed by atoms with Gasteiger partial charge < -0.3 is 0 Å². The molecule has 1 rings (SSSR count). The van der Waals surface area contributed by atoms with Gasteiger partial charge in [0, 0.05) is 5.75 Å². The molecule has 0 saturated heterocycles. The van der Waals surface area contributed by atoms with E-state index in [1.807, 2.05) is 5.40 Å². The Morgan fingerprint density at radius 1 is 1.33 bits per heavy atom. The minimum atomic E-state index is -0.216. The first-order chi connectivity index (χ1) is 5.83. The number of nitrogens with zero attached hydrogens (tertiary/aromatic N) is 1. The maximum Gasteiger partial charge on any atom is 0.133 e. The van der Waals surface area contributed by atoms with Gasteiger partial charge in [0.05, 0.1) is 0 Å². The summed E-state index contributed by atoms with van der Waals surface area (Å²) < 4.78 is 12.4. The Kier molecular flexibility index (Phi) is 3.62. The van der Waals surface area contributed by atoms with Gasteiger partial charge in [-0.3, -0.25) is 0 Å². The first-order valence-electron chi connectivity index (χ1n) is 3.58. The molecule has 0 aromatic heterocycles. The van der Waals surface area contributed by atoms with Crippen LogP contribution in [-0.4, -0.2) is 5.75 Å². The third-order valence-corrected chi connectivity index (χ3v) is 2.01. The van der Waals surface area contributed by atoms with Crippen molar-refractivity contribution in [2.24, 2.45) is 0 Å². The summed E-state index contributed by atoms with van der Waals surface area (Å²) in [5, 5.41) is 10.2. The number of benzene rings is 1. The van der Waals surface area contributed by atoms with Crippen LogP contribution >= 0.6 is 11.8 Å². The van der Waals surface area contributed by atoms with Crippen LogP contribution in [0.2, 0.25) is 0 Å². The molecule has 0 heterocycles. The summed E-state index contributed by atoms with van der Waals surface area (Å²) >= 11 is 1.22. The lowest BCUT2D eigenvalue weighted by molar-refractivity contribution is 0.627. The molecular formula is C9H8FNS. The third-order valence-electron chi connectivity index (χ3n) is 1.47. The summed E-state index contributed by atoms with van der Waals surface area (Å²) in [5.41, 5.74) is 1.07. The number of rotatable bonds is 3. The second-order valence-electron chi connectivity index (χ2n) is 2.32. The van der Waals surface area contributed by atoms with Crippen LogP contribution in [0.4, 0.5) is 4.39 Å².